The number of aromatic nitrogens is 4. The fourth-order valence-electron chi connectivity index (χ4n) is 2.91. The summed E-state index contributed by atoms with van der Waals surface area (Å²) in [5.74, 6) is 1.38. The molecule has 7 nitrogen and oxygen atoms in total. The highest BCUT2D eigenvalue weighted by atomic mass is 79.9. The molecule has 150 valence electrons. The van der Waals surface area contributed by atoms with Crippen LogP contribution in [0.2, 0.25) is 0 Å². The van der Waals surface area contributed by atoms with Crippen LogP contribution in [-0.4, -0.2) is 25.9 Å². The molecule has 8 heteroatoms. The predicted octanol–water partition coefficient (Wildman–Crippen LogP) is 5.09. The minimum atomic E-state index is -0.193. The predicted molar refractivity (Wildman–Crippen MR) is 117 cm³/mol. The number of aryl methyl sites for hydroxylation is 2. The molecule has 1 N–H and O–H groups in total. The quantitative estimate of drug-likeness (QED) is 0.445. The van der Waals surface area contributed by atoms with Crippen molar-refractivity contribution >= 4 is 27.5 Å². The lowest BCUT2D eigenvalue weighted by Crippen LogP contribution is -2.12. The van der Waals surface area contributed by atoms with E-state index in [-0.39, 0.29) is 5.91 Å². The van der Waals surface area contributed by atoms with Crippen molar-refractivity contribution < 1.29 is 9.53 Å². The second-order valence-electron chi connectivity index (χ2n) is 6.63. The molecule has 0 aliphatic carbocycles. The van der Waals surface area contributed by atoms with E-state index in [1.54, 1.807) is 47.1 Å². The largest absolute Gasteiger partial charge is 0.438 e. The van der Waals surface area contributed by atoms with Crippen LogP contribution < -0.4 is 10.1 Å². The van der Waals surface area contributed by atoms with E-state index in [1.165, 1.54) is 0 Å². The fraction of sp³-hybridized carbons (Fsp3) is 0.0909. The number of carbonyl (C=O) groups excluding carboxylic acids is 1. The summed E-state index contributed by atoms with van der Waals surface area (Å²) in [6.07, 6.45) is 0. The fourth-order valence-corrected chi connectivity index (χ4v) is 3.38. The van der Waals surface area contributed by atoms with Gasteiger partial charge in [0.15, 0.2) is 5.82 Å². The molecule has 2 aromatic heterocycles. The average Bonchev–Trinajstić information content (AvgIpc) is 3.08. The molecule has 0 atom stereocenters. The Bertz CT molecular complexity index is 1190. The minimum Gasteiger partial charge on any atom is -0.438 e. The Morgan fingerprint density at radius 2 is 1.77 bits per heavy atom. The Balaban J connectivity index is 1.42. The third-order valence-corrected chi connectivity index (χ3v) is 5.00. The molecular formula is C22H18BrN5O2. The smallest absolute Gasteiger partial charge is 0.256 e. The summed E-state index contributed by atoms with van der Waals surface area (Å²) >= 11 is 3.38. The number of halogens is 1. The normalized spacial score (nSPS) is 10.6. The zero-order chi connectivity index (χ0) is 21.1. The molecule has 0 saturated carbocycles. The van der Waals surface area contributed by atoms with E-state index in [2.05, 4.69) is 36.5 Å². The van der Waals surface area contributed by atoms with Crippen molar-refractivity contribution in [2.75, 3.05) is 5.32 Å². The van der Waals surface area contributed by atoms with Gasteiger partial charge in [0.1, 0.15) is 5.75 Å². The molecule has 0 bridgehead atoms. The van der Waals surface area contributed by atoms with Gasteiger partial charge in [-0.15, -0.1) is 10.2 Å². The number of anilines is 1. The van der Waals surface area contributed by atoms with Crippen LogP contribution >= 0.6 is 15.9 Å². The topological polar surface area (TPSA) is 81.9 Å². The van der Waals surface area contributed by atoms with Crippen molar-refractivity contribution in [3.8, 4) is 17.4 Å². The van der Waals surface area contributed by atoms with Gasteiger partial charge in [-0.2, -0.15) is 5.10 Å². The van der Waals surface area contributed by atoms with Crippen molar-refractivity contribution in [1.29, 1.82) is 0 Å². The average molecular weight is 464 g/mol. The number of amides is 1. The molecule has 1 amide bonds. The maximum atomic E-state index is 12.4. The van der Waals surface area contributed by atoms with Gasteiger partial charge in [-0.3, -0.25) is 4.79 Å². The van der Waals surface area contributed by atoms with Crippen LogP contribution in [0.15, 0.2) is 71.2 Å². The SMILES string of the molecule is Cc1cc(C)n(-c2ccc(Oc3ccc(NC(=O)c4ccccc4Br)cc3)nn2)n1. The van der Waals surface area contributed by atoms with Crippen molar-refractivity contribution in [2.45, 2.75) is 13.8 Å². The van der Waals surface area contributed by atoms with Crippen molar-refractivity contribution in [3.63, 3.8) is 0 Å². The van der Waals surface area contributed by atoms with Gasteiger partial charge in [-0.1, -0.05) is 12.1 Å². The number of hydrogen-bond acceptors (Lipinski definition) is 5. The van der Waals surface area contributed by atoms with Crippen LogP contribution in [0.3, 0.4) is 0 Å². The molecule has 0 unspecified atom stereocenters. The summed E-state index contributed by atoms with van der Waals surface area (Å²) in [5, 5.41) is 15.5. The van der Waals surface area contributed by atoms with E-state index < -0.39 is 0 Å². The Hall–Kier alpha value is -3.52. The second-order valence-corrected chi connectivity index (χ2v) is 7.48. The summed E-state index contributed by atoms with van der Waals surface area (Å²) in [6, 6.07) is 19.8. The molecule has 30 heavy (non-hydrogen) atoms. The molecule has 4 aromatic rings. The Morgan fingerprint density at radius 1 is 1.00 bits per heavy atom. The molecule has 0 spiro atoms. The first-order valence-electron chi connectivity index (χ1n) is 9.21. The van der Waals surface area contributed by atoms with Crippen LogP contribution in [0.4, 0.5) is 5.69 Å². The van der Waals surface area contributed by atoms with E-state index in [9.17, 15) is 4.79 Å². The summed E-state index contributed by atoms with van der Waals surface area (Å²) in [5.41, 5.74) is 3.13. The number of ether oxygens (including phenoxy) is 1. The van der Waals surface area contributed by atoms with Gasteiger partial charge in [-0.25, -0.2) is 4.68 Å². The van der Waals surface area contributed by atoms with Gasteiger partial charge < -0.3 is 10.1 Å². The molecule has 2 heterocycles. The lowest BCUT2D eigenvalue weighted by atomic mass is 10.2. The summed E-state index contributed by atoms with van der Waals surface area (Å²) in [7, 11) is 0. The monoisotopic (exact) mass is 463 g/mol. The number of nitrogens with zero attached hydrogens (tertiary/aromatic N) is 4. The first-order chi connectivity index (χ1) is 14.5. The van der Waals surface area contributed by atoms with Crippen LogP contribution in [0.25, 0.3) is 5.82 Å². The highest BCUT2D eigenvalue weighted by Crippen LogP contribution is 2.23. The third-order valence-electron chi connectivity index (χ3n) is 4.31. The molecule has 0 aliphatic rings. The van der Waals surface area contributed by atoms with Crippen molar-refractivity contribution in [2.24, 2.45) is 0 Å². The molecular weight excluding hydrogens is 446 g/mol. The van der Waals surface area contributed by atoms with E-state index in [1.807, 2.05) is 38.1 Å². The number of benzene rings is 2. The Kier molecular flexibility index (Phi) is 5.58. The molecule has 0 radical (unpaired) electrons. The first kappa shape index (κ1) is 19.8. The van der Waals surface area contributed by atoms with Gasteiger partial charge in [0.2, 0.25) is 5.88 Å². The van der Waals surface area contributed by atoms with E-state index in [4.69, 9.17) is 4.74 Å². The van der Waals surface area contributed by atoms with Gasteiger partial charge in [-0.05, 0) is 78.3 Å². The van der Waals surface area contributed by atoms with E-state index >= 15 is 0 Å². The zero-order valence-corrected chi connectivity index (χ0v) is 17.9. The summed E-state index contributed by atoms with van der Waals surface area (Å²) < 4.78 is 8.22. The second kappa shape index (κ2) is 8.46. The number of rotatable bonds is 5. The third kappa shape index (κ3) is 4.38. The maximum absolute atomic E-state index is 12.4. The zero-order valence-electron chi connectivity index (χ0n) is 16.3. The van der Waals surface area contributed by atoms with Crippen molar-refractivity contribution in [3.05, 3.63) is 88.2 Å². The van der Waals surface area contributed by atoms with Gasteiger partial charge in [0.05, 0.1) is 11.3 Å². The number of carbonyl (C=O) groups is 1. The number of nitrogens with one attached hydrogen (secondary N) is 1. The molecule has 4 rings (SSSR count). The van der Waals surface area contributed by atoms with Gasteiger partial charge in [0, 0.05) is 21.9 Å². The van der Waals surface area contributed by atoms with E-state index in [0.717, 1.165) is 15.9 Å². The maximum Gasteiger partial charge on any atom is 0.256 e. The summed E-state index contributed by atoms with van der Waals surface area (Å²) in [6.45, 7) is 3.89. The molecule has 0 aliphatic heterocycles. The minimum absolute atomic E-state index is 0.193. The Labute approximate surface area is 181 Å². The molecule has 0 saturated heterocycles. The van der Waals surface area contributed by atoms with Crippen molar-refractivity contribution in [1.82, 2.24) is 20.0 Å². The standard InChI is InChI=1S/C22H18BrN5O2/c1-14-13-15(2)28(27-14)20-11-12-21(26-25-20)30-17-9-7-16(8-10-17)24-22(29)18-5-3-4-6-19(18)23/h3-13H,1-2H3,(H,24,29). The highest BCUT2D eigenvalue weighted by Gasteiger charge is 2.10. The summed E-state index contributed by atoms with van der Waals surface area (Å²) in [4.78, 5) is 12.4. The van der Waals surface area contributed by atoms with E-state index in [0.29, 0.717) is 28.7 Å². The van der Waals surface area contributed by atoms with Crippen LogP contribution in [0.5, 0.6) is 11.6 Å². The van der Waals surface area contributed by atoms with Crippen LogP contribution in [0.1, 0.15) is 21.7 Å². The highest BCUT2D eigenvalue weighted by molar-refractivity contribution is 9.10. The lowest BCUT2D eigenvalue weighted by Gasteiger charge is -2.09. The number of hydrogen-bond donors (Lipinski definition) is 1. The Morgan fingerprint density at radius 3 is 2.40 bits per heavy atom. The molecule has 0 fully saturated rings. The van der Waals surface area contributed by atoms with Gasteiger partial charge >= 0.3 is 0 Å². The first-order valence-corrected chi connectivity index (χ1v) is 10.00. The lowest BCUT2D eigenvalue weighted by molar-refractivity contribution is 0.102. The van der Waals surface area contributed by atoms with Crippen LogP contribution in [-0.2, 0) is 0 Å². The van der Waals surface area contributed by atoms with Gasteiger partial charge in [0.25, 0.3) is 5.91 Å². The van der Waals surface area contributed by atoms with Crippen LogP contribution in [0, 0.1) is 13.8 Å². The molecule has 2 aromatic carbocycles.